The minimum atomic E-state index is 0.555. The first-order chi connectivity index (χ1) is 7.09. The molecule has 0 bridgehead atoms. The van der Waals surface area contributed by atoms with Crippen molar-refractivity contribution in [2.75, 3.05) is 0 Å². The molecule has 0 aliphatic heterocycles. The van der Waals surface area contributed by atoms with E-state index in [1.165, 1.54) is 0 Å². The van der Waals surface area contributed by atoms with Gasteiger partial charge in [0.2, 0.25) is 4.60 Å². The van der Waals surface area contributed by atoms with Crippen molar-refractivity contribution in [3.63, 3.8) is 0 Å². The molecule has 1 aromatic heterocycles. The maximum absolute atomic E-state index is 5.96. The van der Waals surface area contributed by atoms with Crippen LogP contribution in [0.2, 0.25) is 10.0 Å². The first-order valence-electron chi connectivity index (χ1n) is 4.28. The van der Waals surface area contributed by atoms with Crippen LogP contribution < -0.4 is 4.57 Å². The van der Waals surface area contributed by atoms with Crippen molar-refractivity contribution < 1.29 is 4.57 Å². The molecule has 0 aliphatic carbocycles. The van der Waals surface area contributed by atoms with Gasteiger partial charge >= 0.3 is 0 Å². The number of aromatic amines is 1. The minimum absolute atomic E-state index is 0.555. The lowest BCUT2D eigenvalue weighted by Crippen LogP contribution is -2.29. The van der Waals surface area contributed by atoms with E-state index in [-0.39, 0.29) is 0 Å². The first kappa shape index (κ1) is 11.0. The van der Waals surface area contributed by atoms with Crippen LogP contribution >= 0.6 is 39.1 Å². The number of halogens is 3. The molecule has 2 rings (SSSR count). The number of hydrogen-bond donors (Lipinski definition) is 1. The highest BCUT2D eigenvalue weighted by Crippen LogP contribution is 2.26. The van der Waals surface area contributed by atoms with Gasteiger partial charge in [0.05, 0.1) is 22.7 Å². The molecular weight excluding hydrogens is 299 g/mol. The second kappa shape index (κ2) is 4.16. The summed E-state index contributed by atoms with van der Waals surface area (Å²) >= 11 is 15.2. The monoisotopic (exact) mass is 305 g/mol. The Bertz CT molecular complexity index is 508. The lowest BCUT2D eigenvalue weighted by Gasteiger charge is -1.98. The largest absolute Gasteiger partial charge is 0.287 e. The standard InChI is InChI=1S/C10H7BrCl2N2/c1-15-9(11)5-14-10(15)6-2-3-7(12)8(13)4-6/h2-5H,1H3/p+1. The maximum atomic E-state index is 5.96. The van der Waals surface area contributed by atoms with Gasteiger partial charge in [-0.25, -0.2) is 9.55 Å². The summed E-state index contributed by atoms with van der Waals surface area (Å²) in [5.74, 6) is 0.973. The third kappa shape index (κ3) is 2.05. The zero-order valence-electron chi connectivity index (χ0n) is 7.89. The van der Waals surface area contributed by atoms with Gasteiger partial charge in [-0.2, -0.15) is 0 Å². The van der Waals surface area contributed by atoms with Gasteiger partial charge in [-0.15, -0.1) is 0 Å². The summed E-state index contributed by atoms with van der Waals surface area (Å²) in [6.45, 7) is 0. The second-order valence-electron chi connectivity index (χ2n) is 3.15. The van der Waals surface area contributed by atoms with Crippen LogP contribution in [0, 0.1) is 0 Å². The van der Waals surface area contributed by atoms with Crippen LogP contribution in [0.4, 0.5) is 0 Å². The molecule has 0 fully saturated rings. The fourth-order valence-corrected chi connectivity index (χ4v) is 1.94. The van der Waals surface area contributed by atoms with Gasteiger partial charge in [0.15, 0.2) is 0 Å². The van der Waals surface area contributed by atoms with Crippen LogP contribution in [0.1, 0.15) is 0 Å². The molecule has 0 amide bonds. The molecule has 0 unspecified atom stereocenters. The quantitative estimate of drug-likeness (QED) is 0.777. The van der Waals surface area contributed by atoms with E-state index in [0.717, 1.165) is 16.0 Å². The van der Waals surface area contributed by atoms with Gasteiger partial charge < -0.3 is 0 Å². The topological polar surface area (TPSA) is 19.7 Å². The summed E-state index contributed by atoms with van der Waals surface area (Å²) < 4.78 is 2.96. The third-order valence-corrected chi connectivity index (χ3v) is 3.68. The van der Waals surface area contributed by atoms with E-state index in [0.29, 0.717) is 10.0 Å². The molecule has 2 nitrogen and oxygen atoms in total. The zero-order chi connectivity index (χ0) is 11.0. The van der Waals surface area contributed by atoms with Crippen molar-refractivity contribution in [1.29, 1.82) is 0 Å². The average Bonchev–Trinajstić information content (AvgIpc) is 2.53. The molecule has 1 aromatic carbocycles. The van der Waals surface area contributed by atoms with Crippen molar-refractivity contribution in [3.8, 4) is 11.4 Å². The fourth-order valence-electron chi connectivity index (χ4n) is 1.35. The minimum Gasteiger partial charge on any atom is -0.242 e. The Morgan fingerprint density at radius 2 is 2.00 bits per heavy atom. The van der Waals surface area contributed by atoms with Crippen LogP contribution in [-0.4, -0.2) is 4.98 Å². The smallest absolute Gasteiger partial charge is 0.242 e. The second-order valence-corrected chi connectivity index (χ2v) is 4.77. The molecule has 1 heterocycles. The van der Waals surface area contributed by atoms with Crippen molar-refractivity contribution in [2.45, 2.75) is 0 Å². The molecule has 0 saturated carbocycles. The summed E-state index contributed by atoms with van der Waals surface area (Å²) in [5, 5.41) is 1.12. The lowest BCUT2D eigenvalue weighted by molar-refractivity contribution is -0.669. The Hall–Kier alpha value is -0.510. The van der Waals surface area contributed by atoms with Crippen LogP contribution in [0.15, 0.2) is 29.0 Å². The average molecular weight is 307 g/mol. The van der Waals surface area contributed by atoms with E-state index >= 15 is 0 Å². The van der Waals surface area contributed by atoms with E-state index in [2.05, 4.69) is 20.9 Å². The predicted octanol–water partition coefficient (Wildman–Crippen LogP) is 3.58. The summed E-state index contributed by atoms with van der Waals surface area (Å²) in [4.78, 5) is 3.15. The van der Waals surface area contributed by atoms with Crippen LogP contribution in [0.25, 0.3) is 11.4 Å². The summed E-state index contributed by atoms with van der Waals surface area (Å²) in [7, 11) is 1.96. The SMILES string of the molecule is C[n+]1c(Br)c[nH]c1-c1ccc(Cl)c(Cl)c1. The van der Waals surface area contributed by atoms with Crippen molar-refractivity contribution in [1.82, 2.24) is 4.98 Å². The van der Waals surface area contributed by atoms with Crippen LogP contribution in [-0.2, 0) is 7.05 Å². The predicted molar refractivity (Wildman–Crippen MR) is 65.1 cm³/mol. The number of rotatable bonds is 1. The normalized spacial score (nSPS) is 10.7. The molecule has 0 radical (unpaired) electrons. The first-order valence-corrected chi connectivity index (χ1v) is 5.83. The molecule has 0 spiro atoms. The van der Waals surface area contributed by atoms with Crippen LogP contribution in [0.3, 0.4) is 0 Å². The lowest BCUT2D eigenvalue weighted by atomic mass is 10.2. The third-order valence-electron chi connectivity index (χ3n) is 2.18. The number of imidazole rings is 1. The molecule has 15 heavy (non-hydrogen) atoms. The highest BCUT2D eigenvalue weighted by Gasteiger charge is 2.15. The molecule has 0 atom stereocenters. The Kier molecular flexibility index (Phi) is 3.05. The van der Waals surface area contributed by atoms with Crippen LogP contribution in [0.5, 0.6) is 0 Å². The molecule has 0 saturated heterocycles. The number of nitrogens with zero attached hydrogens (tertiary/aromatic N) is 1. The molecule has 2 aromatic rings. The molecular formula is C10H8BrCl2N2+. The zero-order valence-corrected chi connectivity index (χ0v) is 11.0. The van der Waals surface area contributed by atoms with Gasteiger partial charge in [0.1, 0.15) is 6.20 Å². The molecule has 5 heteroatoms. The maximum Gasteiger partial charge on any atom is 0.287 e. The van der Waals surface area contributed by atoms with Gasteiger partial charge in [-0.3, -0.25) is 0 Å². The molecule has 78 valence electrons. The number of nitrogens with one attached hydrogen (secondary N) is 1. The number of hydrogen-bond acceptors (Lipinski definition) is 0. The molecule has 1 N–H and O–H groups in total. The molecule has 0 aliphatic rings. The Balaban J connectivity index is 2.55. The van der Waals surface area contributed by atoms with E-state index in [9.17, 15) is 0 Å². The summed E-state index contributed by atoms with van der Waals surface area (Å²) in [6, 6.07) is 5.54. The Morgan fingerprint density at radius 3 is 2.53 bits per heavy atom. The van der Waals surface area contributed by atoms with E-state index in [1.807, 2.05) is 29.9 Å². The van der Waals surface area contributed by atoms with Gasteiger partial charge in [0.25, 0.3) is 5.82 Å². The highest BCUT2D eigenvalue weighted by molar-refractivity contribution is 9.10. The number of aromatic nitrogens is 2. The van der Waals surface area contributed by atoms with Gasteiger partial charge in [-0.1, -0.05) is 23.2 Å². The van der Waals surface area contributed by atoms with Crippen molar-refractivity contribution in [3.05, 3.63) is 39.0 Å². The summed E-state index contributed by atoms with van der Waals surface area (Å²) in [6.07, 6.45) is 1.87. The van der Waals surface area contributed by atoms with E-state index < -0.39 is 0 Å². The fraction of sp³-hybridized carbons (Fsp3) is 0.100. The van der Waals surface area contributed by atoms with E-state index in [1.54, 1.807) is 6.07 Å². The number of H-pyrrole nitrogens is 1. The number of benzene rings is 1. The van der Waals surface area contributed by atoms with E-state index in [4.69, 9.17) is 23.2 Å². The Labute approximate surface area is 106 Å². The summed E-state index contributed by atoms with van der Waals surface area (Å²) in [5.41, 5.74) is 0.998. The Morgan fingerprint density at radius 1 is 1.27 bits per heavy atom. The van der Waals surface area contributed by atoms with Crippen molar-refractivity contribution in [2.24, 2.45) is 7.05 Å². The van der Waals surface area contributed by atoms with Gasteiger partial charge in [-0.05, 0) is 18.2 Å². The van der Waals surface area contributed by atoms with Gasteiger partial charge in [0, 0.05) is 15.9 Å². The van der Waals surface area contributed by atoms with Crippen molar-refractivity contribution >= 4 is 39.1 Å². The highest BCUT2D eigenvalue weighted by atomic mass is 79.9.